The SMILES string of the molecule is CCCCCCCCCCCCCCCCOC(=O)[C@H](C)NC(=O)c1cccc(Br)c1. The summed E-state index contributed by atoms with van der Waals surface area (Å²) in [5.74, 6) is -0.653. The zero-order valence-corrected chi connectivity index (χ0v) is 21.2. The van der Waals surface area contributed by atoms with Crippen molar-refractivity contribution in [2.75, 3.05) is 6.61 Å². The highest BCUT2D eigenvalue weighted by Crippen LogP contribution is 2.13. The number of ether oxygens (including phenoxy) is 1. The molecular weight excluding hydrogens is 454 g/mol. The average molecular weight is 497 g/mol. The molecule has 1 aromatic rings. The van der Waals surface area contributed by atoms with Crippen molar-refractivity contribution in [3.8, 4) is 0 Å². The lowest BCUT2D eigenvalue weighted by atomic mass is 10.0. The summed E-state index contributed by atoms with van der Waals surface area (Å²) in [7, 11) is 0. The summed E-state index contributed by atoms with van der Waals surface area (Å²) in [5, 5.41) is 2.69. The van der Waals surface area contributed by atoms with E-state index in [1.807, 2.05) is 6.07 Å². The van der Waals surface area contributed by atoms with Gasteiger partial charge < -0.3 is 10.1 Å². The monoisotopic (exact) mass is 495 g/mol. The molecule has 0 saturated carbocycles. The third-order valence-electron chi connectivity index (χ3n) is 5.53. The molecule has 31 heavy (non-hydrogen) atoms. The Morgan fingerprint density at radius 1 is 0.871 bits per heavy atom. The van der Waals surface area contributed by atoms with Gasteiger partial charge in [0, 0.05) is 10.0 Å². The minimum Gasteiger partial charge on any atom is -0.464 e. The van der Waals surface area contributed by atoms with Gasteiger partial charge in [-0.1, -0.05) is 112 Å². The van der Waals surface area contributed by atoms with Crippen LogP contribution in [0.4, 0.5) is 0 Å². The first-order valence-electron chi connectivity index (χ1n) is 12.3. The quantitative estimate of drug-likeness (QED) is 0.168. The lowest BCUT2D eigenvalue weighted by Gasteiger charge is -2.13. The molecule has 1 N–H and O–H groups in total. The van der Waals surface area contributed by atoms with Crippen molar-refractivity contribution in [3.63, 3.8) is 0 Å². The number of halogens is 1. The molecule has 0 fully saturated rings. The molecule has 0 bridgehead atoms. The van der Waals surface area contributed by atoms with Gasteiger partial charge >= 0.3 is 5.97 Å². The molecule has 0 heterocycles. The van der Waals surface area contributed by atoms with E-state index in [0.29, 0.717) is 12.2 Å². The van der Waals surface area contributed by atoms with Crippen molar-refractivity contribution in [2.45, 2.75) is 110 Å². The third-order valence-corrected chi connectivity index (χ3v) is 6.02. The van der Waals surface area contributed by atoms with Crippen LogP contribution in [0.5, 0.6) is 0 Å². The minimum absolute atomic E-state index is 0.276. The molecule has 0 aliphatic carbocycles. The molecule has 0 radical (unpaired) electrons. The van der Waals surface area contributed by atoms with Crippen molar-refractivity contribution in [2.24, 2.45) is 0 Å². The highest BCUT2D eigenvalue weighted by atomic mass is 79.9. The molecule has 0 aliphatic heterocycles. The standard InChI is InChI=1S/C26H42BrNO3/c1-3-4-5-6-7-8-9-10-11-12-13-14-15-16-20-31-26(30)22(2)28-25(29)23-18-17-19-24(27)21-23/h17-19,21-22H,3-16,20H2,1-2H3,(H,28,29)/t22-/m0/s1. The van der Waals surface area contributed by atoms with Gasteiger partial charge in [0.1, 0.15) is 6.04 Å². The largest absolute Gasteiger partial charge is 0.464 e. The first-order valence-corrected chi connectivity index (χ1v) is 13.1. The molecule has 1 atom stereocenters. The first kappa shape index (κ1) is 27.7. The second-order valence-corrected chi connectivity index (χ2v) is 9.38. The van der Waals surface area contributed by atoms with Gasteiger partial charge in [0.05, 0.1) is 6.61 Å². The molecule has 0 unspecified atom stereocenters. The normalized spacial score (nSPS) is 11.8. The smallest absolute Gasteiger partial charge is 0.328 e. The van der Waals surface area contributed by atoms with Gasteiger partial charge in [-0.05, 0) is 31.5 Å². The number of nitrogens with one attached hydrogen (secondary N) is 1. The van der Waals surface area contributed by atoms with Crippen LogP contribution in [0.1, 0.15) is 114 Å². The number of carbonyl (C=O) groups is 2. The zero-order chi connectivity index (χ0) is 22.7. The summed E-state index contributed by atoms with van der Waals surface area (Å²) in [6.07, 6.45) is 18.2. The molecule has 1 rings (SSSR count). The molecule has 1 aromatic carbocycles. The Balaban J connectivity index is 1.94. The Bertz CT molecular complexity index is 620. The van der Waals surface area contributed by atoms with Crippen molar-refractivity contribution in [1.82, 2.24) is 5.32 Å². The molecule has 1 amide bonds. The van der Waals surface area contributed by atoms with Crippen LogP contribution < -0.4 is 5.32 Å². The highest BCUT2D eigenvalue weighted by molar-refractivity contribution is 9.10. The molecule has 0 saturated heterocycles. The van der Waals surface area contributed by atoms with Crippen LogP contribution in [0.3, 0.4) is 0 Å². The van der Waals surface area contributed by atoms with Crippen LogP contribution in [-0.2, 0) is 9.53 Å². The van der Waals surface area contributed by atoms with Crippen LogP contribution in [0.15, 0.2) is 28.7 Å². The van der Waals surface area contributed by atoms with E-state index in [0.717, 1.165) is 17.3 Å². The fourth-order valence-electron chi connectivity index (χ4n) is 3.56. The summed E-state index contributed by atoms with van der Waals surface area (Å²) in [6.45, 7) is 4.35. The second-order valence-electron chi connectivity index (χ2n) is 8.47. The van der Waals surface area contributed by atoms with E-state index in [2.05, 4.69) is 28.2 Å². The maximum absolute atomic E-state index is 12.2. The minimum atomic E-state index is -0.655. The van der Waals surface area contributed by atoms with E-state index in [1.165, 1.54) is 77.0 Å². The second kappa shape index (κ2) is 18.2. The molecule has 176 valence electrons. The number of unbranched alkanes of at least 4 members (excludes halogenated alkanes) is 13. The summed E-state index contributed by atoms with van der Waals surface area (Å²) in [6, 6.07) is 6.43. The molecule has 0 aromatic heterocycles. The molecule has 0 aliphatic rings. The van der Waals surface area contributed by atoms with Gasteiger partial charge in [-0.25, -0.2) is 4.79 Å². The predicted molar refractivity (Wildman–Crippen MR) is 132 cm³/mol. The third kappa shape index (κ3) is 14.3. The van der Waals surface area contributed by atoms with E-state index < -0.39 is 6.04 Å². The van der Waals surface area contributed by atoms with Gasteiger partial charge in [0.25, 0.3) is 5.91 Å². The van der Waals surface area contributed by atoms with E-state index in [4.69, 9.17) is 4.74 Å². The Kier molecular flexibility index (Phi) is 16.3. The molecule has 4 nitrogen and oxygen atoms in total. The Hall–Kier alpha value is -1.36. The van der Waals surface area contributed by atoms with Gasteiger partial charge in [-0.15, -0.1) is 0 Å². The van der Waals surface area contributed by atoms with Crippen molar-refractivity contribution < 1.29 is 14.3 Å². The molecule has 0 spiro atoms. The Morgan fingerprint density at radius 2 is 1.39 bits per heavy atom. The van der Waals surface area contributed by atoms with Gasteiger partial charge in [0.2, 0.25) is 0 Å². The zero-order valence-electron chi connectivity index (χ0n) is 19.6. The average Bonchev–Trinajstić information content (AvgIpc) is 2.76. The summed E-state index contributed by atoms with van der Waals surface area (Å²) in [4.78, 5) is 24.2. The predicted octanol–water partition coefficient (Wildman–Crippen LogP) is 7.59. The van der Waals surface area contributed by atoms with Crippen LogP contribution in [0.25, 0.3) is 0 Å². The number of amides is 1. The number of carbonyl (C=O) groups excluding carboxylic acids is 2. The lowest BCUT2D eigenvalue weighted by molar-refractivity contribution is -0.145. The van der Waals surface area contributed by atoms with E-state index in [-0.39, 0.29) is 11.9 Å². The van der Waals surface area contributed by atoms with E-state index in [1.54, 1.807) is 25.1 Å². The van der Waals surface area contributed by atoms with Gasteiger partial charge in [0.15, 0.2) is 0 Å². The first-order chi connectivity index (χ1) is 15.0. The van der Waals surface area contributed by atoms with Gasteiger partial charge in [-0.3, -0.25) is 4.79 Å². The lowest BCUT2D eigenvalue weighted by Crippen LogP contribution is -2.39. The van der Waals surface area contributed by atoms with Crippen molar-refractivity contribution >= 4 is 27.8 Å². The highest BCUT2D eigenvalue weighted by Gasteiger charge is 2.17. The number of benzene rings is 1. The Morgan fingerprint density at radius 3 is 1.90 bits per heavy atom. The number of hydrogen-bond donors (Lipinski definition) is 1. The van der Waals surface area contributed by atoms with Crippen LogP contribution in [-0.4, -0.2) is 24.5 Å². The molecule has 5 heteroatoms. The number of hydrogen-bond acceptors (Lipinski definition) is 3. The fourth-order valence-corrected chi connectivity index (χ4v) is 3.96. The topological polar surface area (TPSA) is 55.4 Å². The van der Waals surface area contributed by atoms with Crippen LogP contribution >= 0.6 is 15.9 Å². The summed E-state index contributed by atoms with van der Waals surface area (Å²) in [5.41, 5.74) is 0.515. The molecular formula is C26H42BrNO3. The number of rotatable bonds is 18. The van der Waals surface area contributed by atoms with Crippen LogP contribution in [0, 0.1) is 0 Å². The van der Waals surface area contributed by atoms with Gasteiger partial charge in [-0.2, -0.15) is 0 Å². The fraction of sp³-hybridized carbons (Fsp3) is 0.692. The summed E-state index contributed by atoms with van der Waals surface area (Å²) >= 11 is 3.34. The van der Waals surface area contributed by atoms with E-state index >= 15 is 0 Å². The maximum atomic E-state index is 12.2. The van der Waals surface area contributed by atoms with E-state index in [9.17, 15) is 9.59 Å². The maximum Gasteiger partial charge on any atom is 0.328 e. The van der Waals surface area contributed by atoms with Crippen LogP contribution in [0.2, 0.25) is 0 Å². The number of esters is 1. The van der Waals surface area contributed by atoms with Crippen molar-refractivity contribution in [3.05, 3.63) is 34.3 Å². The summed E-state index contributed by atoms with van der Waals surface area (Å²) < 4.78 is 6.14. The Labute approximate surface area is 198 Å². The van der Waals surface area contributed by atoms with Crippen molar-refractivity contribution in [1.29, 1.82) is 0 Å².